The van der Waals surface area contributed by atoms with Crippen LogP contribution in [0.3, 0.4) is 0 Å². The summed E-state index contributed by atoms with van der Waals surface area (Å²) in [5.41, 5.74) is 2.60. The van der Waals surface area contributed by atoms with Gasteiger partial charge in [0.1, 0.15) is 13.2 Å². The molecule has 0 fully saturated rings. The first-order chi connectivity index (χ1) is 11.5. The third kappa shape index (κ3) is 3.19. The van der Waals surface area contributed by atoms with Gasteiger partial charge in [0.05, 0.1) is 11.4 Å². The predicted octanol–water partition coefficient (Wildman–Crippen LogP) is 3.58. The molecule has 0 saturated carbocycles. The van der Waals surface area contributed by atoms with Crippen molar-refractivity contribution >= 4 is 23.3 Å². The Morgan fingerprint density at radius 3 is 2.54 bits per heavy atom. The molecule has 2 heterocycles. The molecule has 2 aromatic rings. The Kier molecular flexibility index (Phi) is 4.66. The number of aromatic amines is 1. The minimum Gasteiger partial charge on any atom is -0.486 e. The first kappa shape index (κ1) is 16.6. The van der Waals surface area contributed by atoms with Crippen LogP contribution in [0.15, 0.2) is 23.1 Å². The van der Waals surface area contributed by atoms with Gasteiger partial charge >= 0.3 is 0 Å². The van der Waals surface area contributed by atoms with Crippen LogP contribution in [0.2, 0.25) is 0 Å². The lowest BCUT2D eigenvalue weighted by atomic mass is 10.1. The zero-order valence-electron chi connectivity index (χ0n) is 13.9. The summed E-state index contributed by atoms with van der Waals surface area (Å²) >= 11 is 1.44. The molecule has 3 rings (SSSR count). The molecule has 126 valence electrons. The van der Waals surface area contributed by atoms with Crippen molar-refractivity contribution in [2.45, 2.75) is 25.7 Å². The second-order valence-corrected chi connectivity index (χ2v) is 6.75. The maximum absolute atomic E-state index is 12.5. The molecule has 0 amide bonds. The number of carbonyl (C=O) groups is 2. The number of thioether (sulfide) groups is 1. The quantitative estimate of drug-likeness (QED) is 0.663. The Labute approximate surface area is 144 Å². The van der Waals surface area contributed by atoms with Crippen LogP contribution >= 0.6 is 11.8 Å². The fourth-order valence-corrected chi connectivity index (χ4v) is 3.69. The Hall–Kier alpha value is -2.21. The van der Waals surface area contributed by atoms with Crippen LogP contribution in [0.5, 0.6) is 11.5 Å². The zero-order valence-corrected chi connectivity index (χ0v) is 14.7. The molecular formula is C18H19NO4S. The van der Waals surface area contributed by atoms with E-state index >= 15 is 0 Å². The minimum absolute atomic E-state index is 0.0250. The minimum atomic E-state index is -0.0280. The van der Waals surface area contributed by atoms with E-state index in [2.05, 4.69) is 4.98 Å². The third-order valence-electron chi connectivity index (χ3n) is 3.95. The highest BCUT2D eigenvalue weighted by molar-refractivity contribution is 8.00. The van der Waals surface area contributed by atoms with Crippen LogP contribution in [-0.2, 0) is 0 Å². The number of benzene rings is 1. The number of carbonyl (C=O) groups excluding carboxylic acids is 2. The molecule has 0 spiro atoms. The van der Waals surface area contributed by atoms with Gasteiger partial charge in [-0.1, -0.05) is 0 Å². The Morgan fingerprint density at radius 2 is 1.88 bits per heavy atom. The Balaban J connectivity index is 1.72. The van der Waals surface area contributed by atoms with Gasteiger partial charge in [0.15, 0.2) is 23.1 Å². The van der Waals surface area contributed by atoms with Gasteiger partial charge in [0.2, 0.25) is 0 Å². The van der Waals surface area contributed by atoms with Gasteiger partial charge in [-0.15, -0.1) is 11.8 Å². The summed E-state index contributed by atoms with van der Waals surface area (Å²) < 4.78 is 11.0. The molecule has 5 nitrogen and oxygen atoms in total. The van der Waals surface area contributed by atoms with Crippen molar-refractivity contribution in [3.05, 3.63) is 40.7 Å². The number of H-pyrrole nitrogens is 1. The van der Waals surface area contributed by atoms with Crippen molar-refractivity contribution in [2.24, 2.45) is 0 Å². The average molecular weight is 345 g/mol. The summed E-state index contributed by atoms with van der Waals surface area (Å²) in [7, 11) is 0. The van der Waals surface area contributed by atoms with Gasteiger partial charge in [-0.3, -0.25) is 9.59 Å². The number of aryl methyl sites for hydroxylation is 1. The maximum Gasteiger partial charge on any atom is 0.189 e. The van der Waals surface area contributed by atoms with E-state index < -0.39 is 0 Å². The second kappa shape index (κ2) is 6.73. The van der Waals surface area contributed by atoms with Gasteiger partial charge in [0.25, 0.3) is 0 Å². The van der Waals surface area contributed by atoms with E-state index in [1.807, 2.05) is 32.0 Å². The summed E-state index contributed by atoms with van der Waals surface area (Å²) in [5.74, 6) is 1.68. The number of hydrogen-bond donors (Lipinski definition) is 1. The van der Waals surface area contributed by atoms with Gasteiger partial charge in [-0.25, -0.2) is 0 Å². The molecule has 0 radical (unpaired) electrons. The Bertz CT molecular complexity index is 810. The fraction of sp³-hybridized carbons (Fsp3) is 0.333. The Morgan fingerprint density at radius 1 is 1.17 bits per heavy atom. The molecule has 6 heteroatoms. The first-order valence-electron chi connectivity index (χ1n) is 7.73. The van der Waals surface area contributed by atoms with Crippen LogP contribution in [0.4, 0.5) is 0 Å². The number of aromatic nitrogens is 1. The van der Waals surface area contributed by atoms with Crippen molar-refractivity contribution in [1.82, 2.24) is 4.98 Å². The number of ether oxygens (including phenoxy) is 2. The lowest BCUT2D eigenvalue weighted by Crippen LogP contribution is -2.15. The monoisotopic (exact) mass is 345 g/mol. The number of fused-ring (bicyclic) bond motifs is 1. The largest absolute Gasteiger partial charge is 0.486 e. The van der Waals surface area contributed by atoms with E-state index in [9.17, 15) is 9.59 Å². The zero-order chi connectivity index (χ0) is 17.3. The number of Topliss-reactive ketones (excluding diaryl/α,β-unsaturated/α-hetero) is 2. The standard InChI is InChI=1S/C18H19NO4S/c1-10-17(12(3)20)11(2)19-18(10)14(21)9-24-13-4-5-15-16(8-13)23-7-6-22-15/h4-5,8,19H,6-7,9H2,1-3H3. The van der Waals surface area contributed by atoms with Crippen molar-refractivity contribution in [3.8, 4) is 11.5 Å². The summed E-state index contributed by atoms with van der Waals surface area (Å²) in [4.78, 5) is 28.2. The molecule has 1 N–H and O–H groups in total. The molecule has 24 heavy (non-hydrogen) atoms. The van der Waals surface area contributed by atoms with Crippen LogP contribution in [0.1, 0.15) is 39.0 Å². The van der Waals surface area contributed by atoms with Crippen LogP contribution in [0.25, 0.3) is 0 Å². The fourth-order valence-electron chi connectivity index (χ4n) is 2.89. The molecular weight excluding hydrogens is 326 g/mol. The molecule has 0 aliphatic carbocycles. The highest BCUT2D eigenvalue weighted by Crippen LogP contribution is 2.34. The highest BCUT2D eigenvalue weighted by Gasteiger charge is 2.20. The van der Waals surface area contributed by atoms with E-state index in [0.717, 1.165) is 21.9 Å². The molecule has 0 atom stereocenters. The molecule has 1 aliphatic heterocycles. The number of hydrogen-bond acceptors (Lipinski definition) is 5. The predicted molar refractivity (Wildman–Crippen MR) is 92.8 cm³/mol. The van der Waals surface area contributed by atoms with Gasteiger partial charge in [-0.2, -0.15) is 0 Å². The summed E-state index contributed by atoms with van der Waals surface area (Å²) in [6, 6.07) is 5.67. The average Bonchev–Trinajstić information content (AvgIpc) is 2.87. The van der Waals surface area contributed by atoms with Crippen LogP contribution in [-0.4, -0.2) is 35.5 Å². The third-order valence-corrected chi connectivity index (χ3v) is 4.95. The van der Waals surface area contributed by atoms with Gasteiger partial charge < -0.3 is 14.5 Å². The summed E-state index contributed by atoms with van der Waals surface area (Å²) in [6.07, 6.45) is 0. The van der Waals surface area contributed by atoms with Crippen molar-refractivity contribution in [2.75, 3.05) is 19.0 Å². The molecule has 1 aromatic heterocycles. The first-order valence-corrected chi connectivity index (χ1v) is 8.71. The van der Waals surface area contributed by atoms with E-state index in [1.54, 1.807) is 0 Å². The van der Waals surface area contributed by atoms with Crippen LogP contribution in [0, 0.1) is 13.8 Å². The maximum atomic E-state index is 12.5. The molecule has 1 aromatic carbocycles. The van der Waals surface area contributed by atoms with Crippen molar-refractivity contribution < 1.29 is 19.1 Å². The van der Waals surface area contributed by atoms with Crippen molar-refractivity contribution in [1.29, 1.82) is 0 Å². The number of nitrogens with one attached hydrogen (secondary N) is 1. The molecule has 0 unspecified atom stereocenters. The second-order valence-electron chi connectivity index (χ2n) is 5.70. The van der Waals surface area contributed by atoms with Crippen molar-refractivity contribution in [3.63, 3.8) is 0 Å². The lowest BCUT2D eigenvalue weighted by molar-refractivity contribution is 0.101. The van der Waals surface area contributed by atoms with Crippen LogP contribution < -0.4 is 9.47 Å². The SMILES string of the molecule is CC(=O)c1c(C)[nH]c(C(=O)CSc2ccc3c(c2)OCCO3)c1C. The molecule has 0 saturated heterocycles. The normalized spacial score (nSPS) is 13.0. The van der Waals surface area contributed by atoms with Gasteiger partial charge in [-0.05, 0) is 44.5 Å². The number of rotatable bonds is 5. The van der Waals surface area contributed by atoms with E-state index in [4.69, 9.17) is 9.47 Å². The smallest absolute Gasteiger partial charge is 0.189 e. The summed E-state index contributed by atoms with van der Waals surface area (Å²) in [5, 5.41) is 0. The van der Waals surface area contributed by atoms with E-state index in [-0.39, 0.29) is 17.3 Å². The molecule has 1 aliphatic rings. The van der Waals surface area contributed by atoms with E-state index in [1.165, 1.54) is 18.7 Å². The number of ketones is 2. The molecule has 0 bridgehead atoms. The van der Waals surface area contributed by atoms with Gasteiger partial charge in [0, 0.05) is 16.2 Å². The topological polar surface area (TPSA) is 68.4 Å². The van der Waals surface area contributed by atoms with E-state index in [0.29, 0.717) is 30.2 Å². The summed E-state index contributed by atoms with van der Waals surface area (Å²) in [6.45, 7) is 6.23. The lowest BCUT2D eigenvalue weighted by Gasteiger charge is -2.18. The highest BCUT2D eigenvalue weighted by atomic mass is 32.2.